The minimum Gasteiger partial charge on any atom is -0.385 e. The molecule has 0 saturated carbocycles. The van der Waals surface area contributed by atoms with E-state index in [4.69, 9.17) is 4.74 Å². The molecule has 0 spiro atoms. The third-order valence-corrected chi connectivity index (χ3v) is 6.77. The summed E-state index contributed by atoms with van der Waals surface area (Å²) in [6, 6.07) is 19.1. The molecule has 0 aliphatic carbocycles. The number of sulfonamides is 1. The van der Waals surface area contributed by atoms with Crippen molar-refractivity contribution in [2.75, 3.05) is 36.4 Å². The predicted molar refractivity (Wildman–Crippen MR) is 131 cm³/mol. The summed E-state index contributed by atoms with van der Waals surface area (Å²) in [5, 5.41) is 5.32. The van der Waals surface area contributed by atoms with Gasteiger partial charge in [-0.05, 0) is 42.8 Å². The number of halogens is 1. The van der Waals surface area contributed by atoms with Gasteiger partial charge in [-0.3, -0.25) is 13.9 Å². The number of amides is 2. The molecule has 2 N–H and O–H groups in total. The fourth-order valence-corrected chi connectivity index (χ4v) is 4.75. The zero-order valence-corrected chi connectivity index (χ0v) is 19.9. The molecule has 35 heavy (non-hydrogen) atoms. The molecule has 8 nitrogen and oxygen atoms in total. The summed E-state index contributed by atoms with van der Waals surface area (Å²) in [5.74, 6) is -1.94. The van der Waals surface area contributed by atoms with Crippen LogP contribution in [0.25, 0.3) is 0 Å². The van der Waals surface area contributed by atoms with Gasteiger partial charge in [-0.2, -0.15) is 0 Å². The molecule has 10 heteroatoms. The number of nitrogens with zero attached hydrogens (tertiary/aromatic N) is 1. The van der Waals surface area contributed by atoms with E-state index >= 15 is 0 Å². The van der Waals surface area contributed by atoms with Crippen LogP contribution in [-0.4, -0.2) is 47.0 Å². The molecular weight excluding hydrogens is 473 g/mol. The van der Waals surface area contributed by atoms with E-state index in [2.05, 4.69) is 10.6 Å². The van der Waals surface area contributed by atoms with Crippen LogP contribution in [0.3, 0.4) is 0 Å². The maximum atomic E-state index is 14.6. The summed E-state index contributed by atoms with van der Waals surface area (Å²) >= 11 is 0. The highest BCUT2D eigenvalue weighted by molar-refractivity contribution is 7.92. The molecule has 3 rings (SSSR count). The van der Waals surface area contributed by atoms with Gasteiger partial charge in [0.05, 0.1) is 21.8 Å². The number of carbonyl (C=O) groups excluding carboxylic acids is 2. The number of hydrogen-bond acceptors (Lipinski definition) is 5. The average molecular weight is 500 g/mol. The Kier molecular flexibility index (Phi) is 8.93. The topological polar surface area (TPSA) is 105 Å². The predicted octanol–water partition coefficient (Wildman–Crippen LogP) is 3.43. The molecule has 2 amide bonds. The lowest BCUT2D eigenvalue weighted by molar-refractivity contribution is -0.114. The van der Waals surface area contributed by atoms with Crippen molar-refractivity contribution in [1.82, 2.24) is 5.32 Å². The molecular formula is C25H26FN3O5S. The number of carbonyl (C=O) groups is 2. The van der Waals surface area contributed by atoms with E-state index in [1.54, 1.807) is 25.3 Å². The molecule has 0 fully saturated rings. The van der Waals surface area contributed by atoms with E-state index in [1.807, 2.05) is 0 Å². The summed E-state index contributed by atoms with van der Waals surface area (Å²) < 4.78 is 46.9. The summed E-state index contributed by atoms with van der Waals surface area (Å²) in [4.78, 5) is 25.5. The first-order valence-electron chi connectivity index (χ1n) is 10.8. The normalized spacial score (nSPS) is 11.0. The maximum absolute atomic E-state index is 14.6. The highest BCUT2D eigenvalue weighted by Crippen LogP contribution is 2.26. The Labute approximate surface area is 203 Å². The summed E-state index contributed by atoms with van der Waals surface area (Å²) in [6.45, 7) is 0.160. The van der Waals surface area contributed by atoms with Gasteiger partial charge < -0.3 is 15.4 Å². The van der Waals surface area contributed by atoms with E-state index < -0.39 is 34.2 Å². The van der Waals surface area contributed by atoms with Crippen LogP contribution in [0.5, 0.6) is 0 Å². The fourth-order valence-electron chi connectivity index (χ4n) is 3.30. The van der Waals surface area contributed by atoms with Crippen LogP contribution in [-0.2, 0) is 19.6 Å². The Bertz CT molecular complexity index is 1270. The van der Waals surface area contributed by atoms with Gasteiger partial charge in [0, 0.05) is 20.3 Å². The van der Waals surface area contributed by atoms with Crippen molar-refractivity contribution >= 4 is 33.2 Å². The maximum Gasteiger partial charge on any atom is 0.264 e. The first-order chi connectivity index (χ1) is 16.8. The van der Waals surface area contributed by atoms with Crippen molar-refractivity contribution in [1.29, 1.82) is 0 Å². The van der Waals surface area contributed by atoms with Gasteiger partial charge >= 0.3 is 0 Å². The van der Waals surface area contributed by atoms with Crippen LogP contribution in [0.1, 0.15) is 16.8 Å². The Morgan fingerprint density at radius 3 is 2.31 bits per heavy atom. The Morgan fingerprint density at radius 2 is 1.60 bits per heavy atom. The lowest BCUT2D eigenvalue weighted by Gasteiger charge is -2.24. The molecule has 0 bridgehead atoms. The van der Waals surface area contributed by atoms with Gasteiger partial charge in [0.2, 0.25) is 5.91 Å². The van der Waals surface area contributed by atoms with E-state index in [9.17, 15) is 22.4 Å². The lowest BCUT2D eigenvalue weighted by atomic mass is 10.1. The van der Waals surface area contributed by atoms with Crippen molar-refractivity contribution in [3.8, 4) is 0 Å². The number of anilines is 2. The summed E-state index contributed by atoms with van der Waals surface area (Å²) in [5.41, 5.74) is 0.143. The fraction of sp³-hybridized carbons (Fsp3) is 0.200. The third kappa shape index (κ3) is 6.65. The van der Waals surface area contributed by atoms with E-state index in [-0.39, 0.29) is 21.8 Å². The van der Waals surface area contributed by atoms with Crippen molar-refractivity contribution in [3.63, 3.8) is 0 Å². The average Bonchev–Trinajstić information content (AvgIpc) is 2.86. The van der Waals surface area contributed by atoms with Gasteiger partial charge in [-0.25, -0.2) is 12.8 Å². The van der Waals surface area contributed by atoms with Crippen LogP contribution in [0.2, 0.25) is 0 Å². The molecule has 0 heterocycles. The van der Waals surface area contributed by atoms with Gasteiger partial charge in [-0.15, -0.1) is 0 Å². The van der Waals surface area contributed by atoms with E-state index in [1.165, 1.54) is 54.6 Å². The first-order valence-corrected chi connectivity index (χ1v) is 12.3. The van der Waals surface area contributed by atoms with E-state index in [0.717, 1.165) is 6.07 Å². The Morgan fingerprint density at radius 1 is 0.943 bits per heavy atom. The minimum absolute atomic E-state index is 0.0908. The molecule has 184 valence electrons. The molecule has 0 aromatic heterocycles. The SMILES string of the molecule is COCCCNC(=O)c1ccccc1NC(=O)CN(c1ccccc1F)S(=O)(=O)c1ccccc1. The van der Waals surface area contributed by atoms with Gasteiger partial charge in [0.1, 0.15) is 12.4 Å². The second kappa shape index (κ2) is 12.1. The quantitative estimate of drug-likeness (QED) is 0.394. The standard InChI is InChI=1S/C25H26FN3O5S/c1-34-17-9-16-27-25(31)20-12-5-7-14-22(20)28-24(30)18-29(23-15-8-6-13-21(23)26)35(32,33)19-10-3-2-4-11-19/h2-8,10-15H,9,16-18H2,1H3,(H,27,31)(H,28,30). The molecule has 0 aliphatic rings. The highest BCUT2D eigenvalue weighted by Gasteiger charge is 2.29. The molecule has 3 aromatic rings. The number of hydrogen-bond donors (Lipinski definition) is 2. The van der Waals surface area contributed by atoms with Crippen LogP contribution in [0.15, 0.2) is 83.8 Å². The van der Waals surface area contributed by atoms with Crippen LogP contribution >= 0.6 is 0 Å². The molecule has 0 aliphatic heterocycles. The third-order valence-electron chi connectivity index (χ3n) is 5.00. The second-order valence-electron chi connectivity index (χ2n) is 7.47. The zero-order chi connectivity index (χ0) is 25.3. The molecule has 0 atom stereocenters. The number of nitrogens with one attached hydrogen (secondary N) is 2. The van der Waals surface area contributed by atoms with Gasteiger partial charge in [-0.1, -0.05) is 42.5 Å². The van der Waals surface area contributed by atoms with E-state index in [0.29, 0.717) is 23.9 Å². The second-order valence-corrected chi connectivity index (χ2v) is 9.33. The smallest absolute Gasteiger partial charge is 0.264 e. The molecule has 3 aromatic carbocycles. The number of para-hydroxylation sites is 2. The van der Waals surface area contributed by atoms with Gasteiger partial charge in [0.15, 0.2) is 0 Å². The van der Waals surface area contributed by atoms with Gasteiger partial charge in [0.25, 0.3) is 15.9 Å². The van der Waals surface area contributed by atoms with Crippen LogP contribution < -0.4 is 14.9 Å². The number of ether oxygens (including phenoxy) is 1. The Hall–Kier alpha value is -3.76. The first kappa shape index (κ1) is 25.9. The zero-order valence-electron chi connectivity index (χ0n) is 19.1. The lowest BCUT2D eigenvalue weighted by Crippen LogP contribution is -2.39. The largest absolute Gasteiger partial charge is 0.385 e. The number of benzene rings is 3. The molecule has 0 radical (unpaired) electrons. The molecule has 0 unspecified atom stereocenters. The van der Waals surface area contributed by atoms with Crippen LogP contribution in [0, 0.1) is 5.82 Å². The summed E-state index contributed by atoms with van der Waals surface area (Å²) in [6.07, 6.45) is 0.617. The minimum atomic E-state index is -4.27. The number of methoxy groups -OCH3 is 1. The van der Waals surface area contributed by atoms with Crippen LogP contribution in [0.4, 0.5) is 15.8 Å². The summed E-state index contributed by atoms with van der Waals surface area (Å²) in [7, 11) is -2.70. The monoisotopic (exact) mass is 499 g/mol. The highest BCUT2D eigenvalue weighted by atomic mass is 32.2. The van der Waals surface area contributed by atoms with Crippen molar-refractivity contribution in [3.05, 3.63) is 90.2 Å². The van der Waals surface area contributed by atoms with Crippen molar-refractivity contribution < 1.29 is 27.1 Å². The Balaban J connectivity index is 1.85. The van der Waals surface area contributed by atoms with Crippen molar-refractivity contribution in [2.45, 2.75) is 11.3 Å². The molecule has 0 saturated heterocycles. The van der Waals surface area contributed by atoms with Crippen molar-refractivity contribution in [2.24, 2.45) is 0 Å². The number of rotatable bonds is 11.